The van der Waals surface area contributed by atoms with Crippen molar-refractivity contribution in [2.75, 3.05) is 18.4 Å². The average Bonchev–Trinajstić information content (AvgIpc) is 3.35. The molecule has 0 bridgehead atoms. The van der Waals surface area contributed by atoms with Crippen LogP contribution >= 0.6 is 11.8 Å². The second kappa shape index (κ2) is 12.6. The number of rotatable bonds is 9. The molecule has 0 spiro atoms. The summed E-state index contributed by atoms with van der Waals surface area (Å²) < 4.78 is 88.9. The van der Waals surface area contributed by atoms with Gasteiger partial charge in [0, 0.05) is 30.0 Å². The average molecular weight is 624 g/mol. The molecule has 0 atom stereocenters. The van der Waals surface area contributed by atoms with Gasteiger partial charge >= 0.3 is 12.5 Å². The lowest BCUT2D eigenvalue weighted by Crippen LogP contribution is -2.31. The summed E-state index contributed by atoms with van der Waals surface area (Å²) in [6, 6.07) is 15.6. The van der Waals surface area contributed by atoms with Crippen LogP contribution in [-0.4, -0.2) is 29.3 Å². The minimum absolute atomic E-state index is 0.0512. The third-order valence-corrected chi connectivity index (χ3v) is 7.21. The van der Waals surface area contributed by atoms with E-state index in [9.17, 15) is 26.3 Å². The number of methoxy groups -OCH3 is 1. The number of nitrogens with zero attached hydrogens (tertiary/aromatic N) is 3. The van der Waals surface area contributed by atoms with Crippen LogP contribution in [0.2, 0.25) is 0 Å². The molecule has 0 unspecified atom stereocenters. The van der Waals surface area contributed by atoms with Crippen molar-refractivity contribution in [2.24, 2.45) is 11.6 Å². The lowest BCUT2D eigenvalue weighted by Gasteiger charge is -2.26. The minimum Gasteiger partial charge on any atom is -0.406 e. The van der Waals surface area contributed by atoms with Gasteiger partial charge in [0.1, 0.15) is 11.6 Å². The van der Waals surface area contributed by atoms with E-state index >= 15 is 0 Å². The largest absolute Gasteiger partial charge is 0.573 e. The van der Waals surface area contributed by atoms with Gasteiger partial charge in [0.15, 0.2) is 5.69 Å². The van der Waals surface area contributed by atoms with Crippen LogP contribution in [0.1, 0.15) is 22.6 Å². The van der Waals surface area contributed by atoms with Crippen LogP contribution in [0.4, 0.5) is 32.0 Å². The first kappa shape index (κ1) is 31.8. The Morgan fingerprint density at radius 1 is 1.00 bits per heavy atom. The number of thioether (sulfide) groups is 1. The molecule has 0 fully saturated rings. The summed E-state index contributed by atoms with van der Waals surface area (Å²) in [7, 11) is 1.60. The Balaban J connectivity index is 1.85. The number of ether oxygens (including phenoxy) is 2. The number of aromatic nitrogens is 2. The Labute approximate surface area is 247 Å². The monoisotopic (exact) mass is 623 g/mol. The molecule has 7 nitrogen and oxygen atoms in total. The molecule has 43 heavy (non-hydrogen) atoms. The number of halogens is 6. The highest BCUT2D eigenvalue weighted by Crippen LogP contribution is 2.37. The molecule has 0 aliphatic carbocycles. The quantitative estimate of drug-likeness (QED) is 0.0877. The normalized spacial score (nSPS) is 12.5. The third kappa shape index (κ3) is 7.27. The first-order valence-corrected chi connectivity index (χ1v) is 13.7. The molecule has 0 radical (unpaired) electrons. The van der Waals surface area contributed by atoms with Crippen molar-refractivity contribution in [3.63, 3.8) is 0 Å². The summed E-state index contributed by atoms with van der Waals surface area (Å²) in [6.45, 7) is 1.84. The topological polar surface area (TPSA) is 91.6 Å². The third-order valence-electron chi connectivity index (χ3n) is 6.39. The van der Waals surface area contributed by atoms with Crippen molar-refractivity contribution in [3.05, 3.63) is 95.7 Å². The molecule has 0 amide bonds. The predicted molar refractivity (Wildman–Crippen MR) is 153 cm³/mol. The molecule has 4 aromatic rings. The molecule has 1 aromatic heterocycles. The Bertz CT molecular complexity index is 1620. The molecule has 0 saturated carbocycles. The van der Waals surface area contributed by atoms with E-state index in [1.165, 1.54) is 35.4 Å². The summed E-state index contributed by atoms with van der Waals surface area (Å²) >= 11 is 1.53. The molecule has 14 heteroatoms. The molecular weight excluding hydrogens is 596 g/mol. The molecule has 0 aliphatic rings. The summed E-state index contributed by atoms with van der Waals surface area (Å²) in [5, 5.41) is 1.15. The number of alkyl halides is 6. The highest BCUT2D eigenvalue weighted by Gasteiger charge is 2.35. The maximum absolute atomic E-state index is 13.5. The van der Waals surface area contributed by atoms with Crippen LogP contribution in [0.3, 0.4) is 0 Å². The smallest absolute Gasteiger partial charge is 0.406 e. The van der Waals surface area contributed by atoms with E-state index in [1.54, 1.807) is 25.3 Å². The summed E-state index contributed by atoms with van der Waals surface area (Å²) in [4.78, 5) is 4.64. The van der Waals surface area contributed by atoms with Gasteiger partial charge in [-0.05, 0) is 72.3 Å². The minimum atomic E-state index is -4.88. The fraction of sp³-hybridized carbons (Fsp3) is 0.207. The van der Waals surface area contributed by atoms with Gasteiger partial charge in [-0.15, -0.1) is 24.9 Å². The van der Waals surface area contributed by atoms with Crippen LogP contribution in [-0.2, 0) is 17.5 Å². The number of hydrazine groups is 1. The van der Waals surface area contributed by atoms with E-state index in [0.29, 0.717) is 17.7 Å². The van der Waals surface area contributed by atoms with Crippen molar-refractivity contribution in [1.29, 1.82) is 0 Å². The first-order chi connectivity index (χ1) is 20.2. The molecule has 0 saturated heterocycles. The van der Waals surface area contributed by atoms with E-state index in [4.69, 9.17) is 16.3 Å². The second-order valence-electron chi connectivity index (χ2n) is 9.20. The van der Waals surface area contributed by atoms with Crippen molar-refractivity contribution in [3.8, 4) is 22.6 Å². The molecule has 0 aliphatic heterocycles. The van der Waals surface area contributed by atoms with Crippen LogP contribution in [0, 0.1) is 6.92 Å². The van der Waals surface area contributed by atoms with Crippen molar-refractivity contribution in [2.45, 2.75) is 31.0 Å². The van der Waals surface area contributed by atoms with E-state index in [-0.39, 0.29) is 22.9 Å². The van der Waals surface area contributed by atoms with Crippen molar-refractivity contribution < 1.29 is 35.8 Å². The number of hydrogen-bond donors (Lipinski definition) is 2. The van der Waals surface area contributed by atoms with Gasteiger partial charge < -0.3 is 19.8 Å². The van der Waals surface area contributed by atoms with E-state index < -0.39 is 24.0 Å². The van der Waals surface area contributed by atoms with Crippen LogP contribution in [0.5, 0.6) is 5.75 Å². The van der Waals surface area contributed by atoms with Crippen LogP contribution in [0.25, 0.3) is 22.5 Å². The molecule has 4 rings (SSSR count). The SMILES string of the molecule is COCc1ccc(-c2ccc(-n3cc(C(F)(F)F)nc3C)c(N(N)/C(=C\N)c3ccc(OC(F)(F)F)cc3)c2)cc1SC. The maximum atomic E-state index is 13.5. The highest BCUT2D eigenvalue weighted by molar-refractivity contribution is 7.98. The predicted octanol–water partition coefficient (Wildman–Crippen LogP) is 7.27. The standard InChI is InChI=1S/C29H27F6N5O2S/c1-17-38-27(28(30,31)32)15-39(17)23-11-8-19(20-4-5-21(16-41-2)26(13-20)43-3)12-24(23)40(37)25(14-36)18-6-9-22(10-7-18)42-29(33,34)35/h4-15H,16,36-37H2,1-3H3/b25-14-. The molecule has 1 heterocycles. The lowest BCUT2D eigenvalue weighted by atomic mass is 10.0. The summed E-state index contributed by atoms with van der Waals surface area (Å²) in [6.07, 6.45) is -5.62. The van der Waals surface area contributed by atoms with Crippen molar-refractivity contribution >= 4 is 23.1 Å². The number of aryl methyl sites for hydroxylation is 1. The van der Waals surface area contributed by atoms with Gasteiger partial charge in [0.2, 0.25) is 0 Å². The lowest BCUT2D eigenvalue weighted by molar-refractivity contribution is -0.274. The Morgan fingerprint density at radius 3 is 2.21 bits per heavy atom. The van der Waals surface area contributed by atoms with E-state index in [1.807, 2.05) is 24.5 Å². The van der Waals surface area contributed by atoms with Gasteiger partial charge in [-0.3, -0.25) is 5.01 Å². The zero-order valence-electron chi connectivity index (χ0n) is 23.1. The second-order valence-corrected chi connectivity index (χ2v) is 10.0. The first-order valence-electron chi connectivity index (χ1n) is 12.5. The number of nitrogens with two attached hydrogens (primary N) is 2. The van der Waals surface area contributed by atoms with Crippen LogP contribution < -0.4 is 21.3 Å². The van der Waals surface area contributed by atoms with E-state index in [0.717, 1.165) is 45.6 Å². The number of hydrogen-bond acceptors (Lipinski definition) is 7. The molecular formula is C29H27F6N5O2S. The summed E-state index contributed by atoms with van der Waals surface area (Å²) in [5.74, 6) is 6.17. The Kier molecular flexibility index (Phi) is 9.32. The zero-order chi connectivity index (χ0) is 31.5. The Morgan fingerprint density at radius 2 is 1.65 bits per heavy atom. The van der Waals surface area contributed by atoms with E-state index in [2.05, 4.69) is 9.72 Å². The van der Waals surface area contributed by atoms with Gasteiger partial charge in [-0.1, -0.05) is 18.2 Å². The fourth-order valence-corrected chi connectivity index (χ4v) is 5.06. The van der Waals surface area contributed by atoms with Crippen LogP contribution in [0.15, 0.2) is 78.0 Å². The fourth-order valence-electron chi connectivity index (χ4n) is 4.42. The van der Waals surface area contributed by atoms with Gasteiger partial charge in [-0.2, -0.15) is 13.2 Å². The highest BCUT2D eigenvalue weighted by atomic mass is 32.2. The Hall–Kier alpha value is -4.14. The molecule has 4 N–H and O–H groups in total. The number of imidazole rings is 1. The molecule has 228 valence electrons. The number of anilines is 1. The number of benzene rings is 3. The molecule has 3 aromatic carbocycles. The van der Waals surface area contributed by atoms with Gasteiger partial charge in [0.05, 0.1) is 23.7 Å². The summed E-state index contributed by atoms with van der Waals surface area (Å²) in [5.41, 5.74) is 8.28. The van der Waals surface area contributed by atoms with Gasteiger partial charge in [-0.25, -0.2) is 10.8 Å². The zero-order valence-corrected chi connectivity index (χ0v) is 23.9. The maximum Gasteiger partial charge on any atom is 0.573 e. The van der Waals surface area contributed by atoms with Gasteiger partial charge in [0.25, 0.3) is 0 Å². The van der Waals surface area contributed by atoms with Crippen molar-refractivity contribution in [1.82, 2.24) is 9.55 Å².